The third kappa shape index (κ3) is 5.92. The molecule has 32 heavy (non-hydrogen) atoms. The largest absolute Gasteiger partial charge is 0.493 e. The third-order valence-electron chi connectivity index (χ3n) is 4.25. The van der Waals surface area contributed by atoms with Gasteiger partial charge in [0, 0.05) is 16.2 Å². The van der Waals surface area contributed by atoms with Crippen LogP contribution in [0, 0.1) is 0 Å². The Morgan fingerprint density at radius 1 is 1.16 bits per heavy atom. The molecule has 0 aliphatic rings. The third-order valence-corrected chi connectivity index (χ3v) is 5.72. The van der Waals surface area contributed by atoms with Crippen molar-refractivity contribution in [1.82, 2.24) is 14.9 Å². The van der Waals surface area contributed by atoms with Crippen LogP contribution in [0.25, 0.3) is 0 Å². The summed E-state index contributed by atoms with van der Waals surface area (Å²) in [5.41, 5.74) is 5.09. The summed E-state index contributed by atoms with van der Waals surface area (Å²) in [5.74, 6) is 7.24. The van der Waals surface area contributed by atoms with E-state index in [1.165, 1.54) is 11.8 Å². The lowest BCUT2D eigenvalue weighted by Crippen LogP contribution is -2.17. The second-order valence-electron chi connectivity index (χ2n) is 6.40. The Morgan fingerprint density at radius 3 is 2.56 bits per heavy atom. The van der Waals surface area contributed by atoms with Crippen LogP contribution in [0.3, 0.4) is 0 Å². The lowest BCUT2D eigenvalue weighted by molar-refractivity contribution is -0.113. The molecule has 4 N–H and O–H groups in total. The summed E-state index contributed by atoms with van der Waals surface area (Å²) in [5, 5.41) is 15.4. The van der Waals surface area contributed by atoms with Gasteiger partial charge < -0.3 is 20.6 Å². The van der Waals surface area contributed by atoms with Crippen LogP contribution in [0.5, 0.6) is 11.5 Å². The number of anilines is 2. The maximum atomic E-state index is 12.3. The van der Waals surface area contributed by atoms with Crippen LogP contribution in [0.4, 0.5) is 11.6 Å². The standard InChI is InChI=1S/C20H22BrN7O3S/c1-12(13-4-6-14(21)7-5-13)24-25-19-26-27-20(28(19)22)32-11-18(29)23-15-8-9-16(30-2)17(10-15)31-3/h4-10H,11,22H2,1-3H3,(H,23,29)(H,25,26)/b24-12+. The first-order chi connectivity index (χ1) is 15.4. The van der Waals surface area contributed by atoms with Crippen molar-refractivity contribution in [1.29, 1.82) is 0 Å². The molecule has 1 heterocycles. The van der Waals surface area contributed by atoms with E-state index < -0.39 is 0 Å². The van der Waals surface area contributed by atoms with Gasteiger partial charge in [0.25, 0.3) is 5.95 Å². The second-order valence-corrected chi connectivity index (χ2v) is 8.26. The number of rotatable bonds is 9. The number of benzene rings is 2. The minimum atomic E-state index is -0.233. The highest BCUT2D eigenvalue weighted by Gasteiger charge is 2.13. The van der Waals surface area contributed by atoms with Gasteiger partial charge in [0.05, 0.1) is 25.7 Å². The Kier molecular flexibility index (Phi) is 7.95. The fourth-order valence-corrected chi connectivity index (χ4v) is 3.50. The van der Waals surface area contributed by atoms with Gasteiger partial charge in [-0.25, -0.2) is 10.1 Å². The van der Waals surface area contributed by atoms with Gasteiger partial charge in [0.1, 0.15) is 0 Å². The van der Waals surface area contributed by atoms with Gasteiger partial charge in [0.2, 0.25) is 11.1 Å². The predicted octanol–water partition coefficient (Wildman–Crippen LogP) is 3.34. The minimum Gasteiger partial charge on any atom is -0.493 e. The first-order valence-corrected chi connectivity index (χ1v) is 11.1. The highest BCUT2D eigenvalue weighted by atomic mass is 79.9. The SMILES string of the molecule is COc1ccc(NC(=O)CSc2nnc(N/N=C(\C)c3ccc(Br)cc3)n2N)cc1OC. The zero-order valence-corrected chi connectivity index (χ0v) is 20.0. The summed E-state index contributed by atoms with van der Waals surface area (Å²) in [4.78, 5) is 12.3. The zero-order chi connectivity index (χ0) is 23.1. The van der Waals surface area contributed by atoms with Crippen molar-refractivity contribution in [3.8, 4) is 11.5 Å². The summed E-state index contributed by atoms with van der Waals surface area (Å²) in [6.07, 6.45) is 0. The molecule has 12 heteroatoms. The number of nitrogen functional groups attached to an aromatic ring is 1. The molecule has 0 saturated heterocycles. The molecule has 0 unspecified atom stereocenters. The van der Waals surface area contributed by atoms with Gasteiger partial charge in [-0.3, -0.25) is 4.79 Å². The van der Waals surface area contributed by atoms with Crippen molar-refractivity contribution < 1.29 is 14.3 Å². The molecule has 1 amide bonds. The molecule has 3 rings (SSSR count). The lowest BCUT2D eigenvalue weighted by Gasteiger charge is -2.10. The smallest absolute Gasteiger partial charge is 0.264 e. The number of nitrogens with one attached hydrogen (secondary N) is 2. The van der Waals surface area contributed by atoms with E-state index in [9.17, 15) is 4.79 Å². The molecule has 0 atom stereocenters. The van der Waals surface area contributed by atoms with E-state index in [1.807, 2.05) is 31.2 Å². The number of hydrogen-bond donors (Lipinski definition) is 3. The number of halogens is 1. The van der Waals surface area contributed by atoms with Crippen LogP contribution >= 0.6 is 27.7 Å². The molecule has 0 aliphatic carbocycles. The van der Waals surface area contributed by atoms with Crippen molar-refractivity contribution in [2.24, 2.45) is 5.10 Å². The maximum absolute atomic E-state index is 12.3. The van der Waals surface area contributed by atoms with Crippen molar-refractivity contribution in [3.05, 3.63) is 52.5 Å². The average molecular weight is 520 g/mol. The Bertz CT molecular complexity index is 1120. The van der Waals surface area contributed by atoms with E-state index in [-0.39, 0.29) is 17.6 Å². The number of carbonyl (C=O) groups is 1. The monoisotopic (exact) mass is 519 g/mol. The molecule has 3 aromatic rings. The Balaban J connectivity index is 1.57. The van der Waals surface area contributed by atoms with E-state index in [0.29, 0.717) is 22.3 Å². The highest BCUT2D eigenvalue weighted by molar-refractivity contribution is 9.10. The normalized spacial score (nSPS) is 11.2. The van der Waals surface area contributed by atoms with Crippen LogP contribution in [0.2, 0.25) is 0 Å². The Hall–Kier alpha value is -3.25. The molecule has 0 fully saturated rings. The average Bonchev–Trinajstić information content (AvgIpc) is 3.15. The number of nitrogens with two attached hydrogens (primary N) is 1. The van der Waals surface area contributed by atoms with E-state index in [2.05, 4.69) is 42.0 Å². The molecule has 10 nitrogen and oxygen atoms in total. The van der Waals surface area contributed by atoms with Gasteiger partial charge in [0.15, 0.2) is 11.5 Å². The van der Waals surface area contributed by atoms with Gasteiger partial charge in [-0.2, -0.15) is 5.10 Å². The first-order valence-electron chi connectivity index (χ1n) is 9.32. The number of aromatic nitrogens is 3. The fourth-order valence-electron chi connectivity index (χ4n) is 2.58. The molecule has 2 aromatic carbocycles. The number of hydrogen-bond acceptors (Lipinski definition) is 9. The number of ether oxygens (including phenoxy) is 2. The van der Waals surface area contributed by atoms with Gasteiger partial charge in [-0.1, -0.05) is 39.8 Å². The van der Waals surface area contributed by atoms with Crippen LogP contribution in [0.15, 0.2) is 57.2 Å². The number of hydrazone groups is 1. The number of methoxy groups -OCH3 is 2. The van der Waals surface area contributed by atoms with E-state index >= 15 is 0 Å². The summed E-state index contributed by atoms with van der Waals surface area (Å²) >= 11 is 4.55. The van der Waals surface area contributed by atoms with Crippen molar-refractivity contribution in [2.45, 2.75) is 12.1 Å². The molecule has 0 saturated carbocycles. The summed E-state index contributed by atoms with van der Waals surface area (Å²) < 4.78 is 12.7. The molecule has 168 valence electrons. The topological polar surface area (TPSA) is 129 Å². The molecule has 0 aliphatic heterocycles. The first kappa shape index (κ1) is 23.4. The predicted molar refractivity (Wildman–Crippen MR) is 129 cm³/mol. The van der Waals surface area contributed by atoms with Crippen LogP contribution in [-0.4, -0.2) is 46.5 Å². The number of thioether (sulfide) groups is 1. The van der Waals surface area contributed by atoms with Crippen molar-refractivity contribution >= 4 is 50.9 Å². The molecule has 0 radical (unpaired) electrons. The van der Waals surface area contributed by atoms with Gasteiger partial charge >= 0.3 is 0 Å². The van der Waals surface area contributed by atoms with E-state index in [0.717, 1.165) is 27.5 Å². The maximum Gasteiger partial charge on any atom is 0.264 e. The fraction of sp³-hybridized carbons (Fsp3) is 0.200. The second kappa shape index (κ2) is 10.9. The quantitative estimate of drug-likeness (QED) is 0.170. The Morgan fingerprint density at radius 2 is 1.88 bits per heavy atom. The van der Waals surface area contributed by atoms with E-state index in [4.69, 9.17) is 15.3 Å². The summed E-state index contributed by atoms with van der Waals surface area (Å²) in [6, 6.07) is 12.9. The lowest BCUT2D eigenvalue weighted by atomic mass is 10.1. The van der Waals surface area contributed by atoms with Crippen LogP contribution in [-0.2, 0) is 4.79 Å². The summed E-state index contributed by atoms with van der Waals surface area (Å²) in [7, 11) is 3.08. The molecular weight excluding hydrogens is 498 g/mol. The Labute approximate surface area is 197 Å². The van der Waals surface area contributed by atoms with Crippen molar-refractivity contribution in [2.75, 3.05) is 36.6 Å². The zero-order valence-electron chi connectivity index (χ0n) is 17.6. The number of nitrogens with zero attached hydrogens (tertiary/aromatic N) is 4. The molecule has 0 bridgehead atoms. The van der Waals surface area contributed by atoms with E-state index in [1.54, 1.807) is 25.3 Å². The van der Waals surface area contributed by atoms with Gasteiger partial charge in [-0.15, -0.1) is 10.2 Å². The summed E-state index contributed by atoms with van der Waals surface area (Å²) in [6.45, 7) is 1.86. The molecular formula is C20H22BrN7O3S. The van der Waals surface area contributed by atoms with Crippen LogP contribution in [0.1, 0.15) is 12.5 Å². The molecule has 1 aromatic heterocycles. The van der Waals surface area contributed by atoms with Gasteiger partial charge in [-0.05, 0) is 36.8 Å². The highest BCUT2D eigenvalue weighted by Crippen LogP contribution is 2.30. The number of carbonyl (C=O) groups excluding carboxylic acids is 1. The van der Waals surface area contributed by atoms with Crippen molar-refractivity contribution in [3.63, 3.8) is 0 Å². The van der Waals surface area contributed by atoms with Crippen LogP contribution < -0.4 is 26.1 Å². The number of amides is 1. The minimum absolute atomic E-state index is 0.0882. The molecule has 0 spiro atoms.